The number of carbonyl (C=O) groups excluding carboxylic acids is 3. The maximum atomic E-state index is 11.7. The van der Waals surface area contributed by atoms with Crippen molar-refractivity contribution in [3.05, 3.63) is 36.0 Å². The molecular formula is C16H14N4O5. The molecule has 9 heteroatoms. The van der Waals surface area contributed by atoms with Gasteiger partial charge < -0.3 is 10.1 Å². The molecule has 1 saturated heterocycles. The fraction of sp³-hybridized carbons (Fsp3) is 0.188. The van der Waals surface area contributed by atoms with Gasteiger partial charge in [0, 0.05) is 29.7 Å². The molecule has 1 aliphatic rings. The van der Waals surface area contributed by atoms with Gasteiger partial charge in [-0.05, 0) is 11.6 Å². The van der Waals surface area contributed by atoms with Crippen LogP contribution in [0.5, 0.6) is 0 Å². The third-order valence-electron chi connectivity index (χ3n) is 3.83. The largest absolute Gasteiger partial charge is 0.480 e. The highest BCUT2D eigenvalue weighted by atomic mass is 16.4. The van der Waals surface area contributed by atoms with E-state index in [1.165, 1.54) is 0 Å². The molecule has 9 nitrogen and oxygen atoms in total. The number of fused-ring (bicyclic) bond motifs is 1. The second kappa shape index (κ2) is 6.56. The number of rotatable bonds is 5. The van der Waals surface area contributed by atoms with Gasteiger partial charge in [0.15, 0.2) is 12.0 Å². The first-order chi connectivity index (χ1) is 12.0. The van der Waals surface area contributed by atoms with E-state index in [-0.39, 0.29) is 6.42 Å². The van der Waals surface area contributed by atoms with Crippen molar-refractivity contribution < 1.29 is 24.3 Å². The number of H-pyrrole nitrogens is 1. The number of carboxylic acid groups (broad SMARTS) is 1. The van der Waals surface area contributed by atoms with E-state index in [2.05, 4.69) is 9.98 Å². The summed E-state index contributed by atoms with van der Waals surface area (Å²) >= 11 is 0. The van der Waals surface area contributed by atoms with Crippen molar-refractivity contribution in [1.82, 2.24) is 15.6 Å². The number of para-hydroxylation sites is 1. The lowest BCUT2D eigenvalue weighted by Crippen LogP contribution is -2.56. The molecular weight excluding hydrogens is 328 g/mol. The Morgan fingerprint density at radius 1 is 1.20 bits per heavy atom. The second-order valence-corrected chi connectivity index (χ2v) is 5.50. The molecule has 1 aliphatic heterocycles. The molecule has 0 bridgehead atoms. The monoisotopic (exact) mass is 342 g/mol. The Labute approximate surface area is 141 Å². The fourth-order valence-corrected chi connectivity index (χ4v) is 2.57. The van der Waals surface area contributed by atoms with Gasteiger partial charge in [0.2, 0.25) is 11.8 Å². The van der Waals surface area contributed by atoms with Crippen LogP contribution in [-0.2, 0) is 20.8 Å². The Morgan fingerprint density at radius 3 is 2.56 bits per heavy atom. The summed E-state index contributed by atoms with van der Waals surface area (Å²) in [6.07, 6.45) is 2.75. The SMILES string of the molecule is O=C1NC(=O)C(C=N[C@@H](Cc2c[nH]c3ccccc23)C(=O)O)C(=O)N1. The van der Waals surface area contributed by atoms with E-state index in [9.17, 15) is 24.3 Å². The van der Waals surface area contributed by atoms with E-state index in [4.69, 9.17) is 0 Å². The zero-order chi connectivity index (χ0) is 18.0. The molecule has 1 aromatic carbocycles. The number of aliphatic carboxylic acids is 1. The minimum absolute atomic E-state index is 0.0880. The van der Waals surface area contributed by atoms with Crippen LogP contribution >= 0.6 is 0 Å². The normalized spacial score (nSPS) is 16.9. The van der Waals surface area contributed by atoms with E-state index in [1.807, 2.05) is 34.9 Å². The number of urea groups is 1. The maximum absolute atomic E-state index is 11.7. The third kappa shape index (κ3) is 3.39. The zero-order valence-corrected chi connectivity index (χ0v) is 12.9. The van der Waals surface area contributed by atoms with Gasteiger partial charge >= 0.3 is 12.0 Å². The zero-order valence-electron chi connectivity index (χ0n) is 12.9. The van der Waals surface area contributed by atoms with Gasteiger partial charge in [0.05, 0.1) is 0 Å². The summed E-state index contributed by atoms with van der Waals surface area (Å²) in [5, 5.41) is 14.1. The van der Waals surface area contributed by atoms with Gasteiger partial charge in [-0.1, -0.05) is 18.2 Å². The number of benzene rings is 1. The van der Waals surface area contributed by atoms with Crippen LogP contribution in [0.25, 0.3) is 10.9 Å². The van der Waals surface area contributed by atoms with Crippen molar-refractivity contribution in [2.75, 3.05) is 0 Å². The Kier molecular flexibility index (Phi) is 4.29. The first kappa shape index (κ1) is 16.4. The minimum Gasteiger partial charge on any atom is -0.480 e. The Bertz CT molecular complexity index is 881. The average molecular weight is 342 g/mol. The molecule has 0 radical (unpaired) electrons. The highest BCUT2D eigenvalue weighted by molar-refractivity contribution is 6.23. The highest BCUT2D eigenvalue weighted by Crippen LogP contribution is 2.20. The predicted octanol–water partition coefficient (Wildman–Crippen LogP) is 0.217. The smallest absolute Gasteiger partial charge is 0.328 e. The highest BCUT2D eigenvalue weighted by Gasteiger charge is 2.33. The summed E-state index contributed by atoms with van der Waals surface area (Å²) in [4.78, 5) is 52.7. The van der Waals surface area contributed by atoms with Crippen LogP contribution in [0.1, 0.15) is 5.56 Å². The van der Waals surface area contributed by atoms with E-state index in [1.54, 1.807) is 6.20 Å². The molecule has 4 N–H and O–H groups in total. The first-order valence-electron chi connectivity index (χ1n) is 7.42. The van der Waals surface area contributed by atoms with Crippen molar-refractivity contribution in [3.63, 3.8) is 0 Å². The van der Waals surface area contributed by atoms with Crippen LogP contribution in [0.4, 0.5) is 4.79 Å². The maximum Gasteiger partial charge on any atom is 0.328 e. The van der Waals surface area contributed by atoms with Crippen LogP contribution in [0.3, 0.4) is 0 Å². The number of aliphatic imine (C=N–C) groups is 1. The molecule has 25 heavy (non-hydrogen) atoms. The summed E-state index contributed by atoms with van der Waals surface area (Å²) in [7, 11) is 0. The van der Waals surface area contributed by atoms with E-state index >= 15 is 0 Å². The third-order valence-corrected chi connectivity index (χ3v) is 3.83. The van der Waals surface area contributed by atoms with E-state index in [0.29, 0.717) is 0 Å². The number of carbonyl (C=O) groups is 4. The quantitative estimate of drug-likeness (QED) is 0.454. The number of barbiturate groups is 1. The lowest BCUT2D eigenvalue weighted by Gasteiger charge is -2.17. The van der Waals surface area contributed by atoms with Crippen LogP contribution in [-0.4, -0.2) is 46.2 Å². The van der Waals surface area contributed by atoms with Gasteiger partial charge in [-0.15, -0.1) is 0 Å². The first-order valence-corrected chi connectivity index (χ1v) is 7.42. The number of carboxylic acids is 1. The topological polar surface area (TPSA) is 141 Å². The van der Waals surface area contributed by atoms with Crippen molar-refractivity contribution >= 4 is 40.9 Å². The molecule has 1 aromatic heterocycles. The molecule has 0 unspecified atom stereocenters. The van der Waals surface area contributed by atoms with Crippen molar-refractivity contribution in [2.45, 2.75) is 12.5 Å². The Balaban J connectivity index is 1.80. The summed E-state index contributed by atoms with van der Waals surface area (Å²) in [6.45, 7) is 0. The molecule has 128 valence electrons. The Hall–Kier alpha value is -3.49. The number of imide groups is 2. The van der Waals surface area contributed by atoms with Gasteiger partial charge in [-0.2, -0.15) is 0 Å². The van der Waals surface area contributed by atoms with Crippen molar-refractivity contribution in [3.8, 4) is 0 Å². The fourth-order valence-electron chi connectivity index (χ4n) is 2.57. The molecule has 0 spiro atoms. The predicted molar refractivity (Wildman–Crippen MR) is 87.1 cm³/mol. The van der Waals surface area contributed by atoms with E-state index in [0.717, 1.165) is 22.7 Å². The molecule has 2 aromatic rings. The summed E-state index contributed by atoms with van der Waals surface area (Å²) in [5.41, 5.74) is 1.63. The van der Waals surface area contributed by atoms with Crippen molar-refractivity contribution in [2.24, 2.45) is 10.9 Å². The lowest BCUT2D eigenvalue weighted by molar-refractivity contribution is -0.138. The standard InChI is InChI=1S/C16H14N4O5/c21-13-10(14(22)20-16(25)19-13)7-18-12(15(23)24)5-8-6-17-11-4-2-1-3-9(8)11/h1-4,6-7,10,12,17H,5H2,(H,23,24)(H2,19,20,21,22,25)/t12-/m0/s1. The molecule has 1 atom stereocenters. The van der Waals surface area contributed by atoms with Gasteiger partial charge in [-0.3, -0.25) is 25.2 Å². The lowest BCUT2D eigenvalue weighted by atomic mass is 10.0. The van der Waals surface area contributed by atoms with Crippen LogP contribution in [0.15, 0.2) is 35.5 Å². The molecule has 0 saturated carbocycles. The van der Waals surface area contributed by atoms with E-state index < -0.39 is 35.8 Å². The van der Waals surface area contributed by atoms with Crippen molar-refractivity contribution in [1.29, 1.82) is 0 Å². The number of hydrogen-bond acceptors (Lipinski definition) is 5. The number of amides is 4. The van der Waals surface area contributed by atoms with Crippen LogP contribution in [0, 0.1) is 5.92 Å². The van der Waals surface area contributed by atoms with Gasteiger partial charge in [0.25, 0.3) is 0 Å². The summed E-state index contributed by atoms with van der Waals surface area (Å²) < 4.78 is 0. The molecule has 4 amide bonds. The molecule has 3 rings (SSSR count). The van der Waals surface area contributed by atoms with Gasteiger partial charge in [0.1, 0.15) is 0 Å². The number of aromatic amines is 1. The molecule has 1 fully saturated rings. The number of aromatic nitrogens is 1. The summed E-state index contributed by atoms with van der Waals surface area (Å²) in [6, 6.07) is 5.35. The molecule has 2 heterocycles. The van der Waals surface area contributed by atoms with Crippen LogP contribution < -0.4 is 10.6 Å². The van der Waals surface area contributed by atoms with Crippen LogP contribution in [0.2, 0.25) is 0 Å². The average Bonchev–Trinajstić information content (AvgIpc) is 2.95. The minimum atomic E-state index is -1.34. The Morgan fingerprint density at radius 2 is 1.88 bits per heavy atom. The number of nitrogens with zero attached hydrogens (tertiary/aromatic N) is 1. The van der Waals surface area contributed by atoms with Gasteiger partial charge in [-0.25, -0.2) is 9.59 Å². The number of nitrogens with one attached hydrogen (secondary N) is 3. The molecule has 0 aliphatic carbocycles. The second-order valence-electron chi connectivity index (χ2n) is 5.50. The summed E-state index contributed by atoms with van der Waals surface area (Å²) in [5.74, 6) is -4.21. The number of hydrogen-bond donors (Lipinski definition) is 4.